The van der Waals surface area contributed by atoms with Crippen molar-refractivity contribution in [2.75, 3.05) is 0 Å². The Morgan fingerprint density at radius 2 is 1.64 bits per heavy atom. The molecule has 1 aliphatic rings. The van der Waals surface area contributed by atoms with E-state index in [1.807, 2.05) is 13.8 Å². The van der Waals surface area contributed by atoms with Gasteiger partial charge in [0.2, 0.25) is 15.9 Å². The monoisotopic (exact) mass is 405 g/mol. The molecular formula is C19H17F2N3O3S. The van der Waals surface area contributed by atoms with E-state index in [0.717, 1.165) is 12.1 Å². The second-order valence-electron chi connectivity index (χ2n) is 7.25. The fourth-order valence-corrected chi connectivity index (χ4v) is 4.74. The van der Waals surface area contributed by atoms with Gasteiger partial charge >= 0.3 is 0 Å². The van der Waals surface area contributed by atoms with E-state index in [1.165, 1.54) is 18.2 Å². The smallest absolute Gasteiger partial charge is 0.253 e. The van der Waals surface area contributed by atoms with Crippen LogP contribution in [0.4, 0.5) is 8.78 Å². The molecule has 0 aliphatic heterocycles. The van der Waals surface area contributed by atoms with Gasteiger partial charge in [0.15, 0.2) is 0 Å². The number of hydrogen-bond donors (Lipinski definition) is 1. The highest BCUT2D eigenvalue weighted by atomic mass is 32.2. The van der Waals surface area contributed by atoms with Gasteiger partial charge in [0, 0.05) is 6.04 Å². The van der Waals surface area contributed by atoms with Crippen molar-refractivity contribution < 1.29 is 21.6 Å². The molecule has 6 nitrogen and oxygen atoms in total. The van der Waals surface area contributed by atoms with Crippen LogP contribution in [0.3, 0.4) is 0 Å². The molecule has 0 unspecified atom stereocenters. The number of nitrogens with one attached hydrogen (secondary N) is 1. The molecule has 0 saturated heterocycles. The largest absolute Gasteiger partial charge is 0.420 e. The third-order valence-electron chi connectivity index (χ3n) is 5.05. The second kappa shape index (κ2) is 6.46. The van der Waals surface area contributed by atoms with Crippen LogP contribution in [0.2, 0.25) is 0 Å². The zero-order valence-corrected chi connectivity index (χ0v) is 15.9. The van der Waals surface area contributed by atoms with Gasteiger partial charge in [-0.15, -0.1) is 10.2 Å². The van der Waals surface area contributed by atoms with E-state index >= 15 is 0 Å². The summed E-state index contributed by atoms with van der Waals surface area (Å²) in [6.07, 6.45) is 0. The number of rotatable bonds is 5. The Hall–Kier alpha value is -2.65. The Labute approximate surface area is 160 Å². The van der Waals surface area contributed by atoms with E-state index in [4.69, 9.17) is 4.42 Å². The SMILES string of the molecule is CC1(C)[C@H](NS(=O)(=O)c2ccccc2)[C@@H]1c1nnc(-c2c(F)cccc2F)o1. The lowest BCUT2D eigenvalue weighted by atomic mass is 10.1. The van der Waals surface area contributed by atoms with Crippen LogP contribution in [0.15, 0.2) is 57.8 Å². The van der Waals surface area contributed by atoms with Gasteiger partial charge in [-0.25, -0.2) is 21.9 Å². The van der Waals surface area contributed by atoms with Crippen molar-refractivity contribution in [2.24, 2.45) is 5.41 Å². The molecule has 1 saturated carbocycles. The lowest BCUT2D eigenvalue weighted by Gasteiger charge is -2.07. The Morgan fingerprint density at radius 3 is 2.29 bits per heavy atom. The highest BCUT2D eigenvalue weighted by molar-refractivity contribution is 7.89. The number of halogens is 2. The van der Waals surface area contributed by atoms with Crippen molar-refractivity contribution in [2.45, 2.75) is 30.7 Å². The first-order valence-corrected chi connectivity index (χ1v) is 10.1. The summed E-state index contributed by atoms with van der Waals surface area (Å²) in [7, 11) is -3.73. The highest BCUT2D eigenvalue weighted by Gasteiger charge is 2.63. The molecule has 1 heterocycles. The van der Waals surface area contributed by atoms with Crippen LogP contribution < -0.4 is 4.72 Å². The quantitative estimate of drug-likeness (QED) is 0.702. The van der Waals surface area contributed by atoms with Gasteiger partial charge in [-0.1, -0.05) is 38.1 Å². The standard InChI is InChI=1S/C19H17F2N3O3S/c1-19(2)15(16(19)24-28(25,26)11-7-4-3-5-8-11)18-23-22-17(27-18)14-12(20)9-6-10-13(14)21/h3-10,15-16,24H,1-2H3/t15-,16-/m1/s1. The lowest BCUT2D eigenvalue weighted by Crippen LogP contribution is -2.29. The molecule has 2 aromatic carbocycles. The molecule has 9 heteroatoms. The van der Waals surface area contributed by atoms with Crippen molar-refractivity contribution >= 4 is 10.0 Å². The van der Waals surface area contributed by atoms with E-state index in [2.05, 4.69) is 14.9 Å². The highest BCUT2D eigenvalue weighted by Crippen LogP contribution is 2.58. The number of aromatic nitrogens is 2. The first-order chi connectivity index (χ1) is 13.2. The van der Waals surface area contributed by atoms with Crippen molar-refractivity contribution in [1.82, 2.24) is 14.9 Å². The summed E-state index contributed by atoms with van der Waals surface area (Å²) in [5.41, 5.74) is -0.902. The Kier molecular flexibility index (Phi) is 4.31. The van der Waals surface area contributed by atoms with E-state index in [1.54, 1.807) is 18.2 Å². The van der Waals surface area contributed by atoms with Gasteiger partial charge in [-0.2, -0.15) is 0 Å². The second-order valence-corrected chi connectivity index (χ2v) is 8.97. The predicted molar refractivity (Wildman–Crippen MR) is 96.7 cm³/mol. The minimum Gasteiger partial charge on any atom is -0.420 e. The number of nitrogens with zero attached hydrogens (tertiary/aromatic N) is 2. The molecular weight excluding hydrogens is 388 g/mol. The lowest BCUT2D eigenvalue weighted by molar-refractivity contribution is 0.470. The number of benzene rings is 2. The molecule has 0 bridgehead atoms. The summed E-state index contributed by atoms with van der Waals surface area (Å²) in [4.78, 5) is 0.149. The minimum atomic E-state index is -3.73. The third-order valence-corrected chi connectivity index (χ3v) is 6.50. The van der Waals surface area contributed by atoms with Crippen molar-refractivity contribution in [3.8, 4) is 11.5 Å². The molecule has 0 spiro atoms. The van der Waals surface area contributed by atoms with Crippen LogP contribution in [-0.2, 0) is 10.0 Å². The molecule has 2 atom stereocenters. The maximum absolute atomic E-state index is 13.9. The van der Waals surface area contributed by atoms with Crippen molar-refractivity contribution in [3.63, 3.8) is 0 Å². The zero-order chi connectivity index (χ0) is 20.1. The Bertz CT molecular complexity index is 1110. The average Bonchev–Trinajstić information content (AvgIpc) is 2.96. The van der Waals surface area contributed by atoms with Crippen molar-refractivity contribution in [3.05, 3.63) is 66.1 Å². The van der Waals surface area contributed by atoms with E-state index in [0.29, 0.717) is 0 Å². The topological polar surface area (TPSA) is 85.1 Å². The minimum absolute atomic E-state index is 0.128. The first kappa shape index (κ1) is 18.7. The fraction of sp³-hybridized carbons (Fsp3) is 0.263. The summed E-state index contributed by atoms with van der Waals surface area (Å²) in [6, 6.07) is 10.9. The molecule has 1 aromatic heterocycles. The Balaban J connectivity index is 1.60. The summed E-state index contributed by atoms with van der Waals surface area (Å²) < 4.78 is 61.2. The maximum Gasteiger partial charge on any atom is 0.253 e. The van der Waals surface area contributed by atoms with Gasteiger partial charge in [-0.3, -0.25) is 0 Å². The molecule has 1 fully saturated rings. The molecule has 0 amide bonds. The van der Waals surface area contributed by atoms with E-state index in [-0.39, 0.29) is 16.7 Å². The normalized spacial score (nSPS) is 20.9. The first-order valence-electron chi connectivity index (χ1n) is 8.57. The van der Waals surface area contributed by atoms with Crippen molar-refractivity contribution in [1.29, 1.82) is 0 Å². The van der Waals surface area contributed by atoms with Crippen LogP contribution >= 0.6 is 0 Å². The van der Waals surface area contributed by atoms with Gasteiger partial charge < -0.3 is 4.42 Å². The van der Waals surface area contributed by atoms with Gasteiger partial charge in [-0.05, 0) is 29.7 Å². The fourth-order valence-electron chi connectivity index (χ4n) is 3.32. The van der Waals surface area contributed by atoms with Crippen LogP contribution in [0.5, 0.6) is 0 Å². The Morgan fingerprint density at radius 1 is 1.00 bits per heavy atom. The predicted octanol–water partition coefficient (Wildman–Crippen LogP) is 3.49. The van der Waals surface area contributed by atoms with Crippen LogP contribution in [0, 0.1) is 17.0 Å². The zero-order valence-electron chi connectivity index (χ0n) is 15.1. The third kappa shape index (κ3) is 3.10. The maximum atomic E-state index is 13.9. The molecule has 1 N–H and O–H groups in total. The average molecular weight is 405 g/mol. The molecule has 28 heavy (non-hydrogen) atoms. The molecule has 3 aromatic rings. The number of sulfonamides is 1. The van der Waals surface area contributed by atoms with Gasteiger partial charge in [0.05, 0.1) is 10.8 Å². The van der Waals surface area contributed by atoms with E-state index in [9.17, 15) is 17.2 Å². The molecule has 1 aliphatic carbocycles. The van der Waals surface area contributed by atoms with Crippen LogP contribution in [-0.4, -0.2) is 24.7 Å². The van der Waals surface area contributed by atoms with Gasteiger partial charge in [0.1, 0.15) is 17.2 Å². The number of hydrogen-bond acceptors (Lipinski definition) is 5. The summed E-state index contributed by atoms with van der Waals surface area (Å²) in [6.45, 7) is 3.70. The van der Waals surface area contributed by atoms with Gasteiger partial charge in [0.25, 0.3) is 5.89 Å². The molecule has 146 valence electrons. The van der Waals surface area contributed by atoms with E-state index < -0.39 is 44.6 Å². The summed E-state index contributed by atoms with van der Waals surface area (Å²) in [5.74, 6) is -2.19. The molecule has 0 radical (unpaired) electrons. The molecule has 4 rings (SSSR count). The van der Waals surface area contributed by atoms with Crippen LogP contribution in [0.25, 0.3) is 11.5 Å². The summed E-state index contributed by atoms with van der Waals surface area (Å²) >= 11 is 0. The van der Waals surface area contributed by atoms with Crippen LogP contribution in [0.1, 0.15) is 25.7 Å². The summed E-state index contributed by atoms with van der Waals surface area (Å²) in [5, 5.41) is 7.65.